The van der Waals surface area contributed by atoms with Crippen molar-refractivity contribution in [3.8, 4) is 0 Å². The molecule has 0 aliphatic heterocycles. The van der Waals surface area contributed by atoms with E-state index in [1.807, 2.05) is 0 Å². The number of carbonyl (C=O) groups excluding carboxylic acids is 2. The van der Waals surface area contributed by atoms with E-state index in [1.54, 1.807) is 36.5 Å². The maximum Gasteiger partial charge on any atom is 0.257 e. The molecule has 0 spiro atoms. The third kappa shape index (κ3) is 3.89. The van der Waals surface area contributed by atoms with Crippen molar-refractivity contribution in [3.05, 3.63) is 52.8 Å². The van der Waals surface area contributed by atoms with E-state index in [1.165, 1.54) is 13.1 Å². The highest BCUT2D eigenvalue weighted by atomic mass is 79.9. The predicted molar refractivity (Wildman–Crippen MR) is 80.6 cm³/mol. The zero-order valence-corrected chi connectivity index (χ0v) is 12.3. The van der Waals surface area contributed by atoms with Gasteiger partial charge in [0.15, 0.2) is 0 Å². The molecule has 20 heavy (non-hydrogen) atoms. The molecule has 0 aliphatic carbocycles. The minimum atomic E-state index is -0.265. The zero-order chi connectivity index (χ0) is 14.5. The first-order valence-electron chi connectivity index (χ1n) is 5.84. The average Bonchev–Trinajstić information content (AvgIpc) is 2.38. The second kappa shape index (κ2) is 6.29. The summed E-state index contributed by atoms with van der Waals surface area (Å²) in [6, 6.07) is 8.61. The average molecular weight is 334 g/mol. The summed E-state index contributed by atoms with van der Waals surface area (Å²) in [6.45, 7) is 1.43. The lowest BCUT2D eigenvalue weighted by Gasteiger charge is -2.08. The Bertz CT molecular complexity index is 658. The van der Waals surface area contributed by atoms with Crippen molar-refractivity contribution in [2.45, 2.75) is 6.92 Å². The Morgan fingerprint density at radius 2 is 1.80 bits per heavy atom. The fourth-order valence-electron chi connectivity index (χ4n) is 1.62. The molecule has 0 saturated carbocycles. The highest BCUT2D eigenvalue weighted by molar-refractivity contribution is 9.10. The second-order valence-electron chi connectivity index (χ2n) is 4.11. The van der Waals surface area contributed by atoms with E-state index in [-0.39, 0.29) is 11.8 Å². The fourth-order valence-corrected chi connectivity index (χ4v) is 1.98. The Morgan fingerprint density at radius 3 is 2.45 bits per heavy atom. The van der Waals surface area contributed by atoms with Gasteiger partial charge in [0.05, 0.1) is 5.56 Å². The minimum Gasteiger partial charge on any atom is -0.326 e. The molecule has 0 saturated heterocycles. The lowest BCUT2D eigenvalue weighted by atomic mass is 10.2. The zero-order valence-electron chi connectivity index (χ0n) is 10.7. The Labute approximate surface area is 124 Å². The first-order chi connectivity index (χ1) is 9.54. The number of amides is 2. The molecule has 1 heterocycles. The van der Waals surface area contributed by atoms with E-state index in [0.717, 1.165) is 4.47 Å². The number of hydrogen-bond acceptors (Lipinski definition) is 3. The summed E-state index contributed by atoms with van der Waals surface area (Å²) in [5.74, 6) is -0.427. The lowest BCUT2D eigenvalue weighted by Crippen LogP contribution is -2.12. The summed E-state index contributed by atoms with van der Waals surface area (Å²) in [7, 11) is 0. The molecule has 0 atom stereocenters. The topological polar surface area (TPSA) is 71.1 Å². The molecular formula is C14H12BrN3O2. The normalized spacial score (nSPS) is 9.90. The standard InChI is InChI=1S/C14H12BrN3O2/c1-9(19)17-12-3-2-4-13(6-12)18-14(20)10-5-11(15)8-16-7-10/h2-8H,1H3,(H,17,19)(H,18,20). The maximum atomic E-state index is 12.0. The van der Waals surface area contributed by atoms with Gasteiger partial charge in [-0.15, -0.1) is 0 Å². The molecule has 1 aromatic carbocycles. The molecule has 2 rings (SSSR count). The fraction of sp³-hybridized carbons (Fsp3) is 0.0714. The molecule has 5 nitrogen and oxygen atoms in total. The highest BCUT2D eigenvalue weighted by Gasteiger charge is 2.07. The van der Waals surface area contributed by atoms with Crippen molar-refractivity contribution in [1.29, 1.82) is 0 Å². The summed E-state index contributed by atoms with van der Waals surface area (Å²) >= 11 is 3.26. The van der Waals surface area contributed by atoms with Crippen LogP contribution in [0.4, 0.5) is 11.4 Å². The summed E-state index contributed by atoms with van der Waals surface area (Å²) in [5, 5.41) is 5.41. The van der Waals surface area contributed by atoms with Crippen molar-refractivity contribution in [2.75, 3.05) is 10.6 Å². The van der Waals surface area contributed by atoms with Gasteiger partial charge in [0.25, 0.3) is 5.91 Å². The molecule has 0 radical (unpaired) electrons. The maximum absolute atomic E-state index is 12.0. The Morgan fingerprint density at radius 1 is 1.10 bits per heavy atom. The van der Waals surface area contributed by atoms with Gasteiger partial charge in [-0.05, 0) is 40.2 Å². The first-order valence-corrected chi connectivity index (χ1v) is 6.63. The van der Waals surface area contributed by atoms with Gasteiger partial charge in [0.1, 0.15) is 0 Å². The summed E-state index contributed by atoms with van der Waals surface area (Å²) < 4.78 is 0.733. The van der Waals surface area contributed by atoms with Crippen LogP contribution in [0.3, 0.4) is 0 Å². The third-order valence-corrected chi connectivity index (χ3v) is 2.84. The molecule has 2 aromatic rings. The number of halogens is 1. The number of hydrogen-bond donors (Lipinski definition) is 2. The van der Waals surface area contributed by atoms with E-state index in [4.69, 9.17) is 0 Å². The molecule has 0 aliphatic rings. The van der Waals surface area contributed by atoms with Crippen LogP contribution in [0, 0.1) is 0 Å². The van der Waals surface area contributed by atoms with Crippen LogP contribution in [0.25, 0.3) is 0 Å². The van der Waals surface area contributed by atoms with Crippen LogP contribution in [0.2, 0.25) is 0 Å². The van der Waals surface area contributed by atoms with E-state index >= 15 is 0 Å². The van der Waals surface area contributed by atoms with Gasteiger partial charge in [-0.2, -0.15) is 0 Å². The summed E-state index contributed by atoms with van der Waals surface area (Å²) in [6.07, 6.45) is 3.09. The molecule has 102 valence electrons. The third-order valence-electron chi connectivity index (χ3n) is 2.41. The van der Waals surface area contributed by atoms with Gasteiger partial charge < -0.3 is 10.6 Å². The van der Waals surface area contributed by atoms with Crippen LogP contribution in [0.15, 0.2) is 47.2 Å². The molecule has 1 aromatic heterocycles. The van der Waals surface area contributed by atoms with Crippen LogP contribution < -0.4 is 10.6 Å². The number of rotatable bonds is 3. The number of benzene rings is 1. The number of nitrogens with zero attached hydrogens (tertiary/aromatic N) is 1. The Kier molecular flexibility index (Phi) is 4.47. The molecule has 2 amide bonds. The van der Waals surface area contributed by atoms with E-state index < -0.39 is 0 Å². The summed E-state index contributed by atoms with van der Waals surface area (Å²) in [5.41, 5.74) is 1.67. The van der Waals surface area contributed by atoms with Gasteiger partial charge in [-0.3, -0.25) is 14.6 Å². The van der Waals surface area contributed by atoms with Crippen molar-refractivity contribution in [2.24, 2.45) is 0 Å². The summed E-state index contributed by atoms with van der Waals surface area (Å²) in [4.78, 5) is 27.0. The van der Waals surface area contributed by atoms with Gasteiger partial charge in [0.2, 0.25) is 5.91 Å². The molecule has 2 N–H and O–H groups in total. The van der Waals surface area contributed by atoms with Crippen LogP contribution in [-0.2, 0) is 4.79 Å². The van der Waals surface area contributed by atoms with Gasteiger partial charge in [0, 0.05) is 35.2 Å². The molecule has 0 fully saturated rings. The lowest BCUT2D eigenvalue weighted by molar-refractivity contribution is -0.114. The largest absolute Gasteiger partial charge is 0.326 e. The van der Waals surface area contributed by atoms with Crippen molar-refractivity contribution in [3.63, 3.8) is 0 Å². The Hall–Kier alpha value is -2.21. The Balaban J connectivity index is 2.13. The number of nitrogens with one attached hydrogen (secondary N) is 2. The van der Waals surface area contributed by atoms with E-state index in [0.29, 0.717) is 16.9 Å². The van der Waals surface area contributed by atoms with Crippen LogP contribution >= 0.6 is 15.9 Å². The molecule has 0 unspecified atom stereocenters. The number of anilines is 2. The number of carbonyl (C=O) groups is 2. The predicted octanol–water partition coefficient (Wildman–Crippen LogP) is 3.05. The van der Waals surface area contributed by atoms with Crippen molar-refractivity contribution in [1.82, 2.24) is 4.98 Å². The van der Waals surface area contributed by atoms with Crippen LogP contribution in [0.1, 0.15) is 17.3 Å². The molecule has 0 bridgehead atoms. The highest BCUT2D eigenvalue weighted by Crippen LogP contribution is 2.17. The van der Waals surface area contributed by atoms with Crippen LogP contribution in [0.5, 0.6) is 0 Å². The minimum absolute atomic E-state index is 0.162. The SMILES string of the molecule is CC(=O)Nc1cccc(NC(=O)c2cncc(Br)c2)c1. The van der Waals surface area contributed by atoms with Crippen molar-refractivity contribution < 1.29 is 9.59 Å². The van der Waals surface area contributed by atoms with Gasteiger partial charge in [-0.25, -0.2) is 0 Å². The second-order valence-corrected chi connectivity index (χ2v) is 5.02. The van der Waals surface area contributed by atoms with E-state index in [9.17, 15) is 9.59 Å². The molecule has 6 heteroatoms. The van der Waals surface area contributed by atoms with Gasteiger partial charge in [-0.1, -0.05) is 6.07 Å². The van der Waals surface area contributed by atoms with E-state index in [2.05, 4.69) is 31.5 Å². The number of pyridine rings is 1. The van der Waals surface area contributed by atoms with Gasteiger partial charge >= 0.3 is 0 Å². The quantitative estimate of drug-likeness (QED) is 0.906. The smallest absolute Gasteiger partial charge is 0.257 e. The van der Waals surface area contributed by atoms with Crippen LogP contribution in [-0.4, -0.2) is 16.8 Å². The van der Waals surface area contributed by atoms with Crippen molar-refractivity contribution >= 4 is 39.1 Å². The first kappa shape index (κ1) is 14.2. The monoisotopic (exact) mass is 333 g/mol. The molecular weight excluding hydrogens is 322 g/mol. The number of aromatic nitrogens is 1.